The first-order chi connectivity index (χ1) is 17.7. The third-order valence-corrected chi connectivity index (χ3v) is 8.53. The molecular weight excluding hydrogens is 518 g/mol. The van der Waals surface area contributed by atoms with E-state index in [9.17, 15) is 22.8 Å². The second-order valence-electron chi connectivity index (χ2n) is 7.71. The molecule has 3 rings (SSSR count). The van der Waals surface area contributed by atoms with E-state index < -0.39 is 27.9 Å². The van der Waals surface area contributed by atoms with Gasteiger partial charge in [0.1, 0.15) is 6.54 Å². The predicted molar refractivity (Wildman–Crippen MR) is 139 cm³/mol. The van der Waals surface area contributed by atoms with Crippen molar-refractivity contribution in [3.63, 3.8) is 0 Å². The van der Waals surface area contributed by atoms with E-state index in [4.69, 9.17) is 9.47 Å². The summed E-state index contributed by atoms with van der Waals surface area (Å²) in [5, 5.41) is 0. The van der Waals surface area contributed by atoms with Gasteiger partial charge in [0.05, 0.1) is 33.9 Å². The number of carbonyl (C=O) groups excluding carboxylic acids is 3. The van der Waals surface area contributed by atoms with Crippen LogP contribution >= 0.6 is 11.3 Å². The Hall–Kier alpha value is -3.35. The fourth-order valence-electron chi connectivity index (χ4n) is 3.62. The molecule has 0 N–H and O–H groups in total. The summed E-state index contributed by atoms with van der Waals surface area (Å²) >= 11 is 1.13. The molecule has 0 aliphatic rings. The molecule has 0 saturated heterocycles. The summed E-state index contributed by atoms with van der Waals surface area (Å²) in [5.41, 5.74) is 1.12. The number of aromatic nitrogens is 1. The molecule has 0 radical (unpaired) electrons. The fraction of sp³-hybridized carbons (Fsp3) is 0.360. The van der Waals surface area contributed by atoms with Gasteiger partial charge in [-0.05, 0) is 56.3 Å². The average molecular weight is 548 g/mol. The van der Waals surface area contributed by atoms with Crippen LogP contribution in [0.1, 0.15) is 48.4 Å². The van der Waals surface area contributed by atoms with Crippen LogP contribution in [-0.4, -0.2) is 61.4 Å². The van der Waals surface area contributed by atoms with Crippen LogP contribution in [0.25, 0.3) is 10.2 Å². The first-order valence-corrected chi connectivity index (χ1v) is 14.1. The molecule has 0 atom stereocenters. The molecule has 0 unspecified atom stereocenters. The number of thiazole rings is 1. The number of carbonyl (C=O) groups is 3. The van der Waals surface area contributed by atoms with Crippen LogP contribution in [0.5, 0.6) is 0 Å². The van der Waals surface area contributed by atoms with Crippen molar-refractivity contribution >= 4 is 49.4 Å². The van der Waals surface area contributed by atoms with Gasteiger partial charge in [0.2, 0.25) is 10.0 Å². The second kappa shape index (κ2) is 12.3. The lowest BCUT2D eigenvalue weighted by atomic mass is 10.2. The molecule has 10 nitrogen and oxygen atoms in total. The number of hydrogen-bond acceptors (Lipinski definition) is 8. The molecule has 0 spiro atoms. The molecule has 1 amide bonds. The van der Waals surface area contributed by atoms with Crippen molar-refractivity contribution in [2.45, 2.75) is 39.1 Å². The average Bonchev–Trinajstić information content (AvgIpc) is 3.20. The standard InChI is InChI=1S/C25H29N3O7S2/c1-5-27(6-2)37(32,33)19-12-9-17(10-13-19)23(30)26-25-28(16-22(29)34-7-3)20-14-11-18(15-21(20)36-25)24(31)35-8-4/h9-15H,5-8,16H2,1-4H3. The van der Waals surface area contributed by atoms with Gasteiger partial charge >= 0.3 is 11.9 Å². The van der Waals surface area contributed by atoms with Crippen molar-refractivity contribution in [2.24, 2.45) is 4.99 Å². The lowest BCUT2D eigenvalue weighted by Gasteiger charge is -2.18. The van der Waals surface area contributed by atoms with Crippen LogP contribution < -0.4 is 4.80 Å². The largest absolute Gasteiger partial charge is 0.465 e. The fourth-order valence-corrected chi connectivity index (χ4v) is 6.15. The number of sulfonamides is 1. The molecule has 1 heterocycles. The molecule has 1 aromatic heterocycles. The summed E-state index contributed by atoms with van der Waals surface area (Å²) in [7, 11) is -3.66. The predicted octanol–water partition coefficient (Wildman–Crippen LogP) is 3.21. The van der Waals surface area contributed by atoms with Crippen LogP contribution in [0.2, 0.25) is 0 Å². The lowest BCUT2D eigenvalue weighted by molar-refractivity contribution is -0.143. The van der Waals surface area contributed by atoms with E-state index in [1.807, 2.05) is 0 Å². The summed E-state index contributed by atoms with van der Waals surface area (Å²) in [4.78, 5) is 41.9. The number of nitrogens with zero attached hydrogens (tertiary/aromatic N) is 3. The Morgan fingerprint density at radius 3 is 2.14 bits per heavy atom. The van der Waals surface area contributed by atoms with Crippen molar-refractivity contribution in [1.82, 2.24) is 8.87 Å². The van der Waals surface area contributed by atoms with Crippen molar-refractivity contribution in [1.29, 1.82) is 0 Å². The molecule has 0 saturated carbocycles. The van der Waals surface area contributed by atoms with E-state index in [2.05, 4.69) is 4.99 Å². The van der Waals surface area contributed by atoms with Crippen LogP contribution in [0, 0.1) is 0 Å². The number of fused-ring (bicyclic) bond motifs is 1. The maximum absolute atomic E-state index is 13.0. The Morgan fingerprint density at radius 2 is 1.54 bits per heavy atom. The summed E-state index contributed by atoms with van der Waals surface area (Å²) in [5.74, 6) is -1.60. The molecule has 12 heteroatoms. The first-order valence-electron chi connectivity index (χ1n) is 11.8. The van der Waals surface area contributed by atoms with E-state index >= 15 is 0 Å². The molecule has 0 aliphatic carbocycles. The number of esters is 2. The molecule has 0 bridgehead atoms. The number of rotatable bonds is 10. The monoisotopic (exact) mass is 547 g/mol. The molecule has 37 heavy (non-hydrogen) atoms. The minimum atomic E-state index is -3.66. The molecular formula is C25H29N3O7S2. The highest BCUT2D eigenvalue weighted by Crippen LogP contribution is 2.21. The maximum Gasteiger partial charge on any atom is 0.338 e. The normalized spacial score (nSPS) is 12.2. The molecule has 198 valence electrons. The van der Waals surface area contributed by atoms with Crippen LogP contribution in [-0.2, 0) is 30.8 Å². The van der Waals surface area contributed by atoms with Gasteiger partial charge in [-0.2, -0.15) is 9.30 Å². The zero-order valence-corrected chi connectivity index (χ0v) is 22.7. The van der Waals surface area contributed by atoms with E-state index in [-0.39, 0.29) is 35.0 Å². The molecule has 0 fully saturated rings. The molecule has 2 aromatic carbocycles. The highest BCUT2D eigenvalue weighted by molar-refractivity contribution is 7.89. The van der Waals surface area contributed by atoms with Gasteiger partial charge in [0, 0.05) is 18.7 Å². The number of hydrogen-bond donors (Lipinski definition) is 0. The van der Waals surface area contributed by atoms with Gasteiger partial charge in [-0.3, -0.25) is 9.59 Å². The SMILES string of the molecule is CCOC(=O)Cn1c(=NC(=O)c2ccc(S(=O)(=O)N(CC)CC)cc2)sc2cc(C(=O)OCC)ccc21. The lowest BCUT2D eigenvalue weighted by Crippen LogP contribution is -2.30. The summed E-state index contributed by atoms with van der Waals surface area (Å²) < 4.78 is 39.1. The quantitative estimate of drug-likeness (QED) is 0.357. The number of benzene rings is 2. The smallest absolute Gasteiger partial charge is 0.338 e. The van der Waals surface area contributed by atoms with Crippen LogP contribution in [0.15, 0.2) is 52.4 Å². The van der Waals surface area contributed by atoms with Crippen molar-refractivity contribution < 1.29 is 32.3 Å². The van der Waals surface area contributed by atoms with Gasteiger partial charge in [-0.15, -0.1) is 0 Å². The Morgan fingerprint density at radius 1 is 0.919 bits per heavy atom. The third-order valence-electron chi connectivity index (χ3n) is 5.43. The maximum atomic E-state index is 13.0. The van der Waals surface area contributed by atoms with Gasteiger partial charge in [-0.1, -0.05) is 25.2 Å². The Bertz CT molecular complexity index is 1470. The third kappa shape index (κ3) is 6.32. The summed E-state index contributed by atoms with van der Waals surface area (Å²) in [6.07, 6.45) is 0. The highest BCUT2D eigenvalue weighted by atomic mass is 32.2. The van der Waals surface area contributed by atoms with Gasteiger partial charge < -0.3 is 14.0 Å². The number of amides is 1. The van der Waals surface area contributed by atoms with E-state index in [0.717, 1.165) is 11.3 Å². The van der Waals surface area contributed by atoms with Gasteiger partial charge in [-0.25, -0.2) is 13.2 Å². The van der Waals surface area contributed by atoms with Crippen molar-refractivity contribution in [2.75, 3.05) is 26.3 Å². The molecule has 3 aromatic rings. The highest BCUT2D eigenvalue weighted by Gasteiger charge is 2.22. The van der Waals surface area contributed by atoms with E-state index in [1.165, 1.54) is 28.6 Å². The second-order valence-corrected chi connectivity index (χ2v) is 10.7. The van der Waals surface area contributed by atoms with Gasteiger partial charge in [0.15, 0.2) is 4.80 Å². The van der Waals surface area contributed by atoms with Crippen molar-refractivity contribution in [3.05, 3.63) is 58.4 Å². The van der Waals surface area contributed by atoms with Crippen LogP contribution in [0.4, 0.5) is 0 Å². The molecule has 0 aliphatic heterocycles. The van der Waals surface area contributed by atoms with Crippen molar-refractivity contribution in [3.8, 4) is 0 Å². The zero-order chi connectivity index (χ0) is 27.2. The van der Waals surface area contributed by atoms with Crippen LogP contribution in [0.3, 0.4) is 0 Å². The minimum absolute atomic E-state index is 0.0819. The van der Waals surface area contributed by atoms with Gasteiger partial charge in [0.25, 0.3) is 5.91 Å². The minimum Gasteiger partial charge on any atom is -0.465 e. The zero-order valence-electron chi connectivity index (χ0n) is 21.1. The summed E-state index contributed by atoms with van der Waals surface area (Å²) in [6, 6.07) is 10.4. The van der Waals surface area contributed by atoms with E-state index in [1.54, 1.807) is 50.5 Å². The topological polar surface area (TPSA) is 124 Å². The summed E-state index contributed by atoms with van der Waals surface area (Å²) in [6.45, 7) is 7.82. The Balaban J connectivity index is 2.03. The Kier molecular flexibility index (Phi) is 9.35. The number of ether oxygens (including phenoxy) is 2. The first kappa shape index (κ1) is 28.2. The van der Waals surface area contributed by atoms with E-state index in [0.29, 0.717) is 28.9 Å². The Labute approximate surface area is 219 Å².